The number of aryl methyl sites for hydroxylation is 1. The van der Waals surface area contributed by atoms with Crippen molar-refractivity contribution >= 4 is 47.6 Å². The predicted octanol–water partition coefficient (Wildman–Crippen LogP) is 9.33. The summed E-state index contributed by atoms with van der Waals surface area (Å²) in [6, 6.07) is 20.7. The molecule has 2 aliphatic heterocycles. The lowest BCUT2D eigenvalue weighted by Crippen LogP contribution is -2.53. The zero-order valence-electron chi connectivity index (χ0n) is 55.4. The Hall–Kier alpha value is -6.70. The van der Waals surface area contributed by atoms with Crippen molar-refractivity contribution in [2.45, 2.75) is 207 Å². The Morgan fingerprint density at radius 2 is 0.865 bits per heavy atom. The number of benzene rings is 3. The maximum Gasteiger partial charge on any atom is 0.347 e. The number of esters is 5. The molecule has 19 heteroatoms. The molecule has 89 heavy (non-hydrogen) atoms. The minimum Gasteiger partial charge on any atom is -0.458 e. The zero-order chi connectivity index (χ0) is 65.5. The molecule has 2 fully saturated rings. The Bertz CT molecular complexity index is 2720. The highest BCUT2D eigenvalue weighted by molar-refractivity contribution is 5.93. The van der Waals surface area contributed by atoms with Crippen LogP contribution < -0.4 is 5.32 Å². The molecule has 5 rings (SSSR count). The molecule has 3 aromatic carbocycles. The van der Waals surface area contributed by atoms with E-state index in [1.54, 1.807) is 19.2 Å². The molecule has 19 nitrogen and oxygen atoms in total. The lowest BCUT2D eigenvalue weighted by molar-refractivity contribution is -0.176. The van der Waals surface area contributed by atoms with Crippen LogP contribution in [0.3, 0.4) is 0 Å². The highest BCUT2D eigenvalue weighted by Gasteiger charge is 2.41. The number of ether oxygens (including phenoxy) is 7. The van der Waals surface area contributed by atoms with Crippen LogP contribution >= 0.6 is 0 Å². The van der Waals surface area contributed by atoms with Crippen molar-refractivity contribution in [1.29, 1.82) is 0 Å². The van der Waals surface area contributed by atoms with Gasteiger partial charge in [-0.1, -0.05) is 134 Å². The molecular weight excluding hydrogens is 1140 g/mol. The Kier molecular flexibility index (Phi) is 29.7. The van der Waals surface area contributed by atoms with Crippen molar-refractivity contribution in [2.24, 2.45) is 23.7 Å². The molecular formula is C70H102N4O15. The van der Waals surface area contributed by atoms with Crippen LogP contribution in [-0.2, 0) is 91.0 Å². The van der Waals surface area contributed by atoms with Crippen molar-refractivity contribution in [2.75, 3.05) is 54.6 Å². The number of carbonyl (C=O) groups is 8. The van der Waals surface area contributed by atoms with Crippen LogP contribution in [0.4, 0.5) is 0 Å². The second kappa shape index (κ2) is 36.2. The topological polar surface area (TPSA) is 223 Å². The van der Waals surface area contributed by atoms with Crippen molar-refractivity contribution in [3.05, 3.63) is 107 Å². The van der Waals surface area contributed by atoms with E-state index in [2.05, 4.69) is 17.4 Å². The van der Waals surface area contributed by atoms with E-state index in [4.69, 9.17) is 33.2 Å². The lowest BCUT2D eigenvalue weighted by atomic mass is 9.90. The Labute approximate surface area is 528 Å². The summed E-state index contributed by atoms with van der Waals surface area (Å²) in [6.45, 7) is 20.7. The van der Waals surface area contributed by atoms with E-state index in [0.29, 0.717) is 51.1 Å². The van der Waals surface area contributed by atoms with Crippen molar-refractivity contribution in [3.63, 3.8) is 0 Å². The number of rotatable bonds is 33. The van der Waals surface area contributed by atoms with Gasteiger partial charge < -0.3 is 53.2 Å². The van der Waals surface area contributed by atoms with Crippen LogP contribution in [0.25, 0.3) is 0 Å². The molecule has 2 heterocycles. The van der Waals surface area contributed by atoms with Gasteiger partial charge >= 0.3 is 29.8 Å². The van der Waals surface area contributed by atoms with Crippen LogP contribution in [-0.4, -0.2) is 165 Å². The maximum atomic E-state index is 15.0. The SMILES string of the molecule is CN[C@@H](CC(C)C)C(=O)O[C@H](Cc1ccc(C2CCOCC2)cc1)C(=O)N(C)[C@@H](CC(C)C)C(=O)O[C@H](C)C(=O)N(C)[C@@H](CC(C)C)C(=O)O[C@H](CCc1ccc(C2CCOCC2)cc1)C(=O)N(C)[C@@H](CC(C)C)C(=O)O[C@H](C)C(=O)OCc1ccccc1. The second-order valence-electron chi connectivity index (χ2n) is 25.9. The number of carbonyl (C=O) groups excluding carboxylic acids is 8. The fourth-order valence-corrected chi connectivity index (χ4v) is 11.3. The summed E-state index contributed by atoms with van der Waals surface area (Å²) in [5.74, 6) is -5.71. The van der Waals surface area contributed by atoms with E-state index in [-0.39, 0.29) is 62.4 Å². The van der Waals surface area contributed by atoms with Crippen LogP contribution in [0.1, 0.15) is 167 Å². The van der Waals surface area contributed by atoms with E-state index in [9.17, 15) is 38.4 Å². The molecule has 0 spiro atoms. The molecule has 0 radical (unpaired) electrons. The number of hydrogen-bond donors (Lipinski definition) is 1. The van der Waals surface area contributed by atoms with Gasteiger partial charge in [0, 0.05) is 54.0 Å². The first-order valence-electron chi connectivity index (χ1n) is 32.1. The molecule has 0 aliphatic carbocycles. The third kappa shape index (κ3) is 22.9. The van der Waals surface area contributed by atoms with E-state index < -0.39 is 96.2 Å². The lowest BCUT2D eigenvalue weighted by Gasteiger charge is -2.34. The normalized spacial score (nSPS) is 16.7. The van der Waals surface area contributed by atoms with Gasteiger partial charge in [-0.25, -0.2) is 19.2 Å². The second-order valence-corrected chi connectivity index (χ2v) is 25.9. The molecule has 1 N–H and O–H groups in total. The molecule has 2 saturated heterocycles. The number of amides is 3. The van der Waals surface area contributed by atoms with Gasteiger partial charge in [-0.2, -0.15) is 0 Å². The van der Waals surface area contributed by atoms with E-state index >= 15 is 0 Å². The van der Waals surface area contributed by atoms with E-state index in [1.165, 1.54) is 50.4 Å². The van der Waals surface area contributed by atoms with E-state index in [0.717, 1.165) is 52.8 Å². The molecule has 492 valence electrons. The van der Waals surface area contributed by atoms with Crippen molar-refractivity contribution in [3.8, 4) is 0 Å². The van der Waals surface area contributed by atoms with Crippen molar-refractivity contribution < 1.29 is 71.5 Å². The monoisotopic (exact) mass is 1240 g/mol. The third-order valence-corrected chi connectivity index (χ3v) is 16.7. The molecule has 8 atom stereocenters. The highest BCUT2D eigenvalue weighted by Crippen LogP contribution is 2.30. The molecule has 0 aromatic heterocycles. The quantitative estimate of drug-likeness (QED) is 0.0443. The first-order valence-corrected chi connectivity index (χ1v) is 32.1. The van der Waals surface area contributed by atoms with Gasteiger partial charge in [0.15, 0.2) is 24.4 Å². The Balaban J connectivity index is 1.37. The predicted molar refractivity (Wildman–Crippen MR) is 338 cm³/mol. The minimum absolute atomic E-state index is 0.00227. The van der Waals surface area contributed by atoms with Crippen LogP contribution in [0.5, 0.6) is 0 Å². The molecule has 0 unspecified atom stereocenters. The van der Waals surface area contributed by atoms with Crippen LogP contribution in [0.2, 0.25) is 0 Å². The Morgan fingerprint density at radius 1 is 0.461 bits per heavy atom. The fourth-order valence-electron chi connectivity index (χ4n) is 11.3. The number of hydrogen-bond acceptors (Lipinski definition) is 16. The largest absolute Gasteiger partial charge is 0.458 e. The zero-order valence-corrected chi connectivity index (χ0v) is 55.4. The van der Waals surface area contributed by atoms with Gasteiger partial charge in [-0.05, 0) is 148 Å². The summed E-state index contributed by atoms with van der Waals surface area (Å²) < 4.78 is 40.5. The molecule has 0 saturated carbocycles. The van der Waals surface area contributed by atoms with Gasteiger partial charge in [0.25, 0.3) is 17.7 Å². The van der Waals surface area contributed by atoms with Crippen LogP contribution in [0.15, 0.2) is 78.9 Å². The summed E-state index contributed by atoms with van der Waals surface area (Å²) in [5.41, 5.74) is 4.71. The molecule has 3 amide bonds. The van der Waals surface area contributed by atoms with Gasteiger partial charge in [0.05, 0.1) is 0 Å². The van der Waals surface area contributed by atoms with Gasteiger partial charge in [0.1, 0.15) is 30.8 Å². The van der Waals surface area contributed by atoms with Crippen LogP contribution in [0, 0.1) is 23.7 Å². The summed E-state index contributed by atoms with van der Waals surface area (Å²) in [4.78, 5) is 118. The van der Waals surface area contributed by atoms with Crippen molar-refractivity contribution in [1.82, 2.24) is 20.0 Å². The molecule has 3 aromatic rings. The maximum absolute atomic E-state index is 15.0. The summed E-state index contributed by atoms with van der Waals surface area (Å²) in [5, 5.41) is 3.02. The Morgan fingerprint density at radius 3 is 1.31 bits per heavy atom. The third-order valence-electron chi connectivity index (χ3n) is 16.7. The summed E-state index contributed by atoms with van der Waals surface area (Å²) in [7, 11) is 5.95. The molecule has 2 aliphatic rings. The van der Waals surface area contributed by atoms with E-state index in [1.807, 2.05) is 110 Å². The van der Waals surface area contributed by atoms with Gasteiger partial charge in [-0.3, -0.25) is 19.2 Å². The minimum atomic E-state index is -1.48. The standard InChI is InChI=1S/C70H102N4O15/c1-44(2)38-57(71-11)67(79)89-62(42-51-22-27-54(28-23-51)56-32-36-84-37-33-56)65(77)74(14)58(39-45(3)4)68(80)86-48(9)63(75)72(12)60(41-47(7)8)70(82)88-61(29-24-50-20-25-53(26-21-50)55-30-34-83-35-31-55)64(76)73(13)59(40-46(5)6)69(81)87-49(10)66(78)85-43-52-18-16-15-17-19-52/h15-23,25-28,44-49,55-62,71H,24,29-43H2,1-14H3/t48-,49-,57+,58+,59+,60+,61-,62-/m1/s1. The summed E-state index contributed by atoms with van der Waals surface area (Å²) >= 11 is 0. The number of nitrogens with zero attached hydrogens (tertiary/aromatic N) is 3. The summed E-state index contributed by atoms with van der Waals surface area (Å²) in [6.07, 6.45) is -0.811. The van der Waals surface area contributed by atoms with Gasteiger partial charge in [-0.15, -0.1) is 0 Å². The fraction of sp³-hybridized carbons (Fsp3) is 0.629. The average Bonchev–Trinajstić information content (AvgIpc) is 3.72. The first kappa shape index (κ1) is 73.0. The average molecular weight is 1240 g/mol. The first-order chi connectivity index (χ1) is 42.3. The number of nitrogens with one attached hydrogen (secondary N) is 1. The van der Waals surface area contributed by atoms with Gasteiger partial charge in [0.2, 0.25) is 0 Å². The number of likely N-dealkylation sites (N-methyl/N-ethyl adjacent to an activating group) is 4. The molecule has 0 bridgehead atoms. The highest BCUT2D eigenvalue weighted by atomic mass is 16.6. The smallest absolute Gasteiger partial charge is 0.347 e.